The molecular formula is C52H38S. The summed E-state index contributed by atoms with van der Waals surface area (Å²) in [6.07, 6.45) is 9.40. The average molecular weight is 695 g/mol. The smallest absolute Gasteiger partial charge is 0.0525 e. The molecular weight excluding hydrogens is 657 g/mol. The summed E-state index contributed by atoms with van der Waals surface area (Å²) in [6, 6.07) is 59.9. The number of allylic oxidation sites excluding steroid dienone is 4. The molecule has 252 valence electrons. The van der Waals surface area contributed by atoms with Gasteiger partial charge >= 0.3 is 0 Å². The standard InChI is InChI=1S/C52H38S/c1-51(2)45-21-7-3-15-39(45)42-30-27-35(32-48(42)51)34-13-11-14-37(31-34)52(46-22-8-4-16-40(46)41-17-5-9-23-47(41)52)36-28-25-33(26-29-36)38-19-12-20-44-43-18-6-10-24-49(43)53-50(38)44/h3-32,40,46H,1-2H3. The summed E-state index contributed by atoms with van der Waals surface area (Å²) in [7, 11) is 0. The summed E-state index contributed by atoms with van der Waals surface area (Å²) in [6.45, 7) is 4.74. The van der Waals surface area contributed by atoms with Gasteiger partial charge in [0.2, 0.25) is 0 Å². The van der Waals surface area contributed by atoms with Crippen LogP contribution in [0.2, 0.25) is 0 Å². The maximum Gasteiger partial charge on any atom is 0.0525 e. The number of fused-ring (bicyclic) bond motifs is 9. The largest absolute Gasteiger partial charge is 0.135 e. The van der Waals surface area contributed by atoms with E-state index in [1.807, 2.05) is 11.3 Å². The highest BCUT2D eigenvalue weighted by Gasteiger charge is 2.52. The third kappa shape index (κ3) is 4.29. The SMILES string of the molecule is CC1(C)c2ccccc2-c2ccc(-c3cccc(C4(c5ccc(-c6cccc7c6sc6ccccc67)cc5)c5ccccc5C5C=CC=CC54)c3)cc21. The van der Waals surface area contributed by atoms with Crippen LogP contribution in [0.1, 0.15) is 53.1 Å². The Kier molecular flexibility index (Phi) is 6.61. The van der Waals surface area contributed by atoms with E-state index in [9.17, 15) is 0 Å². The van der Waals surface area contributed by atoms with Crippen molar-refractivity contribution in [3.05, 3.63) is 215 Å². The van der Waals surface area contributed by atoms with Gasteiger partial charge in [-0.1, -0.05) is 178 Å². The molecule has 3 aliphatic rings. The zero-order valence-electron chi connectivity index (χ0n) is 29.9. The highest BCUT2D eigenvalue weighted by Crippen LogP contribution is 2.60. The summed E-state index contributed by atoms with van der Waals surface area (Å²) < 4.78 is 2.70. The monoisotopic (exact) mass is 694 g/mol. The van der Waals surface area contributed by atoms with Crippen LogP contribution in [-0.4, -0.2) is 0 Å². The van der Waals surface area contributed by atoms with Crippen LogP contribution in [0.5, 0.6) is 0 Å². The lowest BCUT2D eigenvalue weighted by molar-refractivity contribution is 0.457. The molecule has 7 aromatic carbocycles. The third-order valence-electron chi connectivity index (χ3n) is 12.7. The first-order valence-corrected chi connectivity index (χ1v) is 19.7. The van der Waals surface area contributed by atoms with E-state index in [2.05, 4.69) is 196 Å². The molecule has 0 nitrogen and oxygen atoms in total. The van der Waals surface area contributed by atoms with E-state index in [1.165, 1.54) is 86.9 Å². The van der Waals surface area contributed by atoms with Crippen molar-refractivity contribution in [1.29, 1.82) is 0 Å². The zero-order chi connectivity index (χ0) is 35.3. The van der Waals surface area contributed by atoms with Crippen LogP contribution in [0.4, 0.5) is 0 Å². The fourth-order valence-corrected chi connectivity index (χ4v) is 11.5. The quantitative estimate of drug-likeness (QED) is 0.172. The minimum absolute atomic E-state index is 0.0421. The molecule has 3 atom stereocenters. The van der Waals surface area contributed by atoms with Gasteiger partial charge in [-0.25, -0.2) is 0 Å². The van der Waals surface area contributed by atoms with Crippen LogP contribution >= 0.6 is 11.3 Å². The molecule has 0 N–H and O–H groups in total. The Balaban J connectivity index is 1.09. The van der Waals surface area contributed by atoms with Crippen LogP contribution in [0, 0.1) is 5.92 Å². The van der Waals surface area contributed by atoms with E-state index in [0.29, 0.717) is 5.92 Å². The minimum atomic E-state index is -0.354. The van der Waals surface area contributed by atoms with Gasteiger partial charge in [-0.3, -0.25) is 0 Å². The van der Waals surface area contributed by atoms with E-state index in [-0.39, 0.29) is 16.7 Å². The lowest BCUT2D eigenvalue weighted by Crippen LogP contribution is -2.35. The molecule has 53 heavy (non-hydrogen) atoms. The van der Waals surface area contributed by atoms with E-state index < -0.39 is 0 Å². The molecule has 8 aromatic rings. The molecule has 1 aromatic heterocycles. The Bertz CT molecular complexity index is 2820. The van der Waals surface area contributed by atoms with Crippen molar-refractivity contribution in [2.75, 3.05) is 0 Å². The fraction of sp³-hybridized carbons (Fsp3) is 0.115. The van der Waals surface area contributed by atoms with Crippen molar-refractivity contribution in [2.45, 2.75) is 30.6 Å². The van der Waals surface area contributed by atoms with Gasteiger partial charge in [-0.15, -0.1) is 11.3 Å². The van der Waals surface area contributed by atoms with Gasteiger partial charge in [0, 0.05) is 37.4 Å². The van der Waals surface area contributed by atoms with Gasteiger partial charge in [0.25, 0.3) is 0 Å². The van der Waals surface area contributed by atoms with E-state index in [1.54, 1.807) is 0 Å². The molecule has 11 rings (SSSR count). The molecule has 3 unspecified atom stereocenters. The third-order valence-corrected chi connectivity index (χ3v) is 13.9. The van der Waals surface area contributed by atoms with E-state index in [0.717, 1.165) is 0 Å². The Morgan fingerprint density at radius 1 is 0.472 bits per heavy atom. The highest BCUT2D eigenvalue weighted by molar-refractivity contribution is 7.26. The van der Waals surface area contributed by atoms with Gasteiger partial charge in [-0.05, 0) is 85.0 Å². The predicted octanol–water partition coefficient (Wildman–Crippen LogP) is 13.9. The Labute approximate surface area is 315 Å². The Morgan fingerprint density at radius 2 is 1.15 bits per heavy atom. The second-order valence-corrected chi connectivity index (χ2v) is 16.6. The zero-order valence-corrected chi connectivity index (χ0v) is 30.7. The van der Waals surface area contributed by atoms with Crippen LogP contribution in [0.3, 0.4) is 0 Å². The number of benzene rings is 7. The van der Waals surface area contributed by atoms with Crippen molar-refractivity contribution < 1.29 is 0 Å². The van der Waals surface area contributed by atoms with Crippen molar-refractivity contribution in [3.8, 4) is 33.4 Å². The predicted molar refractivity (Wildman–Crippen MR) is 225 cm³/mol. The van der Waals surface area contributed by atoms with Gasteiger partial charge in [0.05, 0.1) is 5.41 Å². The molecule has 0 aliphatic heterocycles. The van der Waals surface area contributed by atoms with Crippen LogP contribution in [0.25, 0.3) is 53.6 Å². The van der Waals surface area contributed by atoms with Crippen LogP contribution in [-0.2, 0) is 10.8 Å². The molecule has 0 radical (unpaired) electrons. The average Bonchev–Trinajstić information content (AvgIpc) is 3.82. The van der Waals surface area contributed by atoms with Crippen molar-refractivity contribution >= 4 is 31.5 Å². The minimum Gasteiger partial charge on any atom is -0.135 e. The molecule has 0 spiro atoms. The van der Waals surface area contributed by atoms with Gasteiger partial charge in [0.1, 0.15) is 0 Å². The summed E-state index contributed by atoms with van der Waals surface area (Å²) in [4.78, 5) is 0. The second kappa shape index (κ2) is 11.4. The van der Waals surface area contributed by atoms with Crippen LogP contribution in [0.15, 0.2) is 182 Å². The summed E-state index contributed by atoms with van der Waals surface area (Å²) in [5.41, 5.74) is 15.8. The van der Waals surface area contributed by atoms with E-state index in [4.69, 9.17) is 0 Å². The van der Waals surface area contributed by atoms with Crippen molar-refractivity contribution in [2.24, 2.45) is 5.92 Å². The van der Waals surface area contributed by atoms with Gasteiger partial charge < -0.3 is 0 Å². The molecule has 3 aliphatic carbocycles. The van der Waals surface area contributed by atoms with E-state index >= 15 is 0 Å². The molecule has 0 amide bonds. The van der Waals surface area contributed by atoms with Gasteiger partial charge in [0.15, 0.2) is 0 Å². The molecule has 1 heteroatoms. The number of thiophene rings is 1. The highest BCUT2D eigenvalue weighted by atomic mass is 32.1. The summed E-state index contributed by atoms with van der Waals surface area (Å²) in [5.74, 6) is 0.566. The number of rotatable bonds is 4. The summed E-state index contributed by atoms with van der Waals surface area (Å²) >= 11 is 1.90. The first-order chi connectivity index (χ1) is 26.0. The first kappa shape index (κ1) is 30.8. The van der Waals surface area contributed by atoms with Crippen LogP contribution < -0.4 is 0 Å². The second-order valence-electron chi connectivity index (χ2n) is 15.6. The maximum atomic E-state index is 2.49. The number of hydrogen-bond donors (Lipinski definition) is 0. The lowest BCUT2D eigenvalue weighted by Gasteiger charge is -2.39. The Hall–Kier alpha value is -5.76. The molecule has 0 saturated carbocycles. The normalized spacial score (nSPS) is 20.3. The Morgan fingerprint density at radius 3 is 2.06 bits per heavy atom. The molecule has 0 saturated heterocycles. The lowest BCUT2D eigenvalue weighted by atomic mass is 9.63. The topological polar surface area (TPSA) is 0 Å². The van der Waals surface area contributed by atoms with Crippen molar-refractivity contribution in [3.63, 3.8) is 0 Å². The molecule has 0 bridgehead atoms. The molecule has 1 heterocycles. The fourth-order valence-electron chi connectivity index (χ4n) is 10.2. The number of hydrogen-bond acceptors (Lipinski definition) is 1. The molecule has 0 fully saturated rings. The maximum absolute atomic E-state index is 2.49. The first-order valence-electron chi connectivity index (χ1n) is 18.8. The van der Waals surface area contributed by atoms with Crippen molar-refractivity contribution in [1.82, 2.24) is 0 Å². The summed E-state index contributed by atoms with van der Waals surface area (Å²) in [5, 5.41) is 2.68. The van der Waals surface area contributed by atoms with Gasteiger partial charge in [-0.2, -0.15) is 0 Å².